The van der Waals surface area contributed by atoms with Crippen LogP contribution in [0.1, 0.15) is 65.7 Å². The molecule has 0 saturated carbocycles. The first-order valence-electron chi connectivity index (χ1n) is 5.85. The quantitative estimate of drug-likeness (QED) is 0.572. The summed E-state index contributed by atoms with van der Waals surface area (Å²) in [6.45, 7) is 7.27. The molecule has 0 atom stereocenters. The second kappa shape index (κ2) is 7.37. The van der Waals surface area contributed by atoms with Crippen molar-refractivity contribution in [1.82, 2.24) is 0 Å². The Morgan fingerprint density at radius 2 is 1.38 bits per heavy atom. The third kappa shape index (κ3) is 4.66. The third-order valence-electron chi connectivity index (χ3n) is 3.62. The highest BCUT2D eigenvalue weighted by Gasteiger charge is 2.22. The van der Waals surface area contributed by atoms with Crippen LogP contribution in [-0.2, 0) is 0 Å². The van der Waals surface area contributed by atoms with Gasteiger partial charge in [-0.15, -0.1) is 0 Å². The first-order valence-corrected chi connectivity index (χ1v) is 5.85. The fourth-order valence-electron chi connectivity index (χ4n) is 2.07. The molecular weight excluding hydrogens is 160 g/mol. The van der Waals surface area contributed by atoms with Crippen LogP contribution < -0.4 is 0 Å². The Bertz CT molecular complexity index is 97.4. The number of hydrogen-bond donors (Lipinski definition) is 1. The van der Waals surface area contributed by atoms with Gasteiger partial charge in [-0.05, 0) is 18.3 Å². The van der Waals surface area contributed by atoms with Crippen molar-refractivity contribution in [2.45, 2.75) is 65.7 Å². The van der Waals surface area contributed by atoms with Gasteiger partial charge in [0.1, 0.15) is 0 Å². The monoisotopic (exact) mass is 186 g/mol. The van der Waals surface area contributed by atoms with Gasteiger partial charge in [-0.1, -0.05) is 52.9 Å². The van der Waals surface area contributed by atoms with E-state index in [0.29, 0.717) is 12.0 Å². The topological polar surface area (TPSA) is 20.2 Å². The summed E-state index contributed by atoms with van der Waals surface area (Å²) < 4.78 is 0. The summed E-state index contributed by atoms with van der Waals surface area (Å²) in [6, 6.07) is 0. The van der Waals surface area contributed by atoms with Crippen LogP contribution in [0.25, 0.3) is 0 Å². The van der Waals surface area contributed by atoms with Crippen LogP contribution >= 0.6 is 0 Å². The molecule has 1 heteroatoms. The maximum atomic E-state index is 8.67. The molecule has 0 aliphatic carbocycles. The lowest BCUT2D eigenvalue weighted by Gasteiger charge is -2.30. The SMILES string of the molecule is CCC(CC)(CC)CCCCCO. The van der Waals surface area contributed by atoms with Gasteiger partial charge in [0.25, 0.3) is 0 Å². The predicted molar refractivity (Wildman–Crippen MR) is 58.9 cm³/mol. The molecule has 0 spiro atoms. The molecule has 0 aromatic heterocycles. The number of hydrogen-bond acceptors (Lipinski definition) is 1. The van der Waals surface area contributed by atoms with Gasteiger partial charge in [-0.3, -0.25) is 0 Å². The first-order chi connectivity index (χ1) is 6.24. The Morgan fingerprint density at radius 3 is 1.77 bits per heavy atom. The Kier molecular flexibility index (Phi) is 7.35. The third-order valence-corrected chi connectivity index (χ3v) is 3.62. The smallest absolute Gasteiger partial charge is 0.0431 e. The first kappa shape index (κ1) is 13.0. The Labute approximate surface area is 83.5 Å². The second-order valence-corrected chi connectivity index (χ2v) is 4.09. The second-order valence-electron chi connectivity index (χ2n) is 4.09. The summed E-state index contributed by atoms with van der Waals surface area (Å²) in [4.78, 5) is 0. The lowest BCUT2D eigenvalue weighted by Crippen LogP contribution is -2.17. The standard InChI is InChI=1S/C12H26O/c1-4-12(5-2,6-3)10-8-7-9-11-13/h13H,4-11H2,1-3H3. The summed E-state index contributed by atoms with van der Waals surface area (Å²) in [5.41, 5.74) is 0.593. The lowest BCUT2D eigenvalue weighted by atomic mass is 9.76. The molecule has 80 valence electrons. The number of rotatable bonds is 8. The maximum Gasteiger partial charge on any atom is 0.0431 e. The molecular formula is C12H26O. The van der Waals surface area contributed by atoms with Gasteiger partial charge in [0.05, 0.1) is 0 Å². The minimum absolute atomic E-state index is 0.359. The van der Waals surface area contributed by atoms with Gasteiger partial charge in [-0.25, -0.2) is 0 Å². The van der Waals surface area contributed by atoms with Crippen LogP contribution in [0.4, 0.5) is 0 Å². The molecule has 0 aromatic carbocycles. The van der Waals surface area contributed by atoms with E-state index in [1.54, 1.807) is 0 Å². The van der Waals surface area contributed by atoms with E-state index in [1.165, 1.54) is 38.5 Å². The van der Waals surface area contributed by atoms with E-state index in [0.717, 1.165) is 6.42 Å². The largest absolute Gasteiger partial charge is 0.396 e. The van der Waals surface area contributed by atoms with Crippen molar-refractivity contribution in [3.63, 3.8) is 0 Å². The normalized spacial score (nSPS) is 12.0. The molecule has 0 aliphatic rings. The van der Waals surface area contributed by atoms with Crippen LogP contribution in [0.3, 0.4) is 0 Å². The van der Waals surface area contributed by atoms with Gasteiger partial charge in [0, 0.05) is 6.61 Å². The van der Waals surface area contributed by atoms with Crippen LogP contribution in [0.5, 0.6) is 0 Å². The van der Waals surface area contributed by atoms with Crippen molar-refractivity contribution in [3.05, 3.63) is 0 Å². The highest BCUT2D eigenvalue weighted by molar-refractivity contribution is 4.74. The Hall–Kier alpha value is -0.0400. The van der Waals surface area contributed by atoms with Gasteiger partial charge in [-0.2, -0.15) is 0 Å². The van der Waals surface area contributed by atoms with Crippen LogP contribution in [0.2, 0.25) is 0 Å². The van der Waals surface area contributed by atoms with Crippen LogP contribution in [0.15, 0.2) is 0 Å². The average Bonchev–Trinajstić information content (AvgIpc) is 2.20. The molecule has 0 saturated heterocycles. The lowest BCUT2D eigenvalue weighted by molar-refractivity contribution is 0.214. The summed E-state index contributed by atoms with van der Waals surface area (Å²) in [5.74, 6) is 0. The van der Waals surface area contributed by atoms with Crippen molar-refractivity contribution in [2.24, 2.45) is 5.41 Å². The molecule has 0 amide bonds. The van der Waals surface area contributed by atoms with Crippen molar-refractivity contribution in [2.75, 3.05) is 6.61 Å². The molecule has 0 aliphatic heterocycles. The molecule has 0 heterocycles. The molecule has 1 nitrogen and oxygen atoms in total. The zero-order valence-electron chi connectivity index (χ0n) is 9.60. The van der Waals surface area contributed by atoms with E-state index < -0.39 is 0 Å². The van der Waals surface area contributed by atoms with Gasteiger partial charge in [0.15, 0.2) is 0 Å². The van der Waals surface area contributed by atoms with Crippen molar-refractivity contribution in [1.29, 1.82) is 0 Å². The maximum absolute atomic E-state index is 8.67. The summed E-state index contributed by atoms with van der Waals surface area (Å²) >= 11 is 0. The van der Waals surface area contributed by atoms with E-state index in [1.807, 2.05) is 0 Å². The zero-order chi connectivity index (χ0) is 10.2. The van der Waals surface area contributed by atoms with E-state index in [2.05, 4.69) is 20.8 Å². The summed E-state index contributed by atoms with van der Waals surface area (Å²) in [5, 5.41) is 8.67. The number of aliphatic hydroxyl groups is 1. The van der Waals surface area contributed by atoms with E-state index in [4.69, 9.17) is 5.11 Å². The Balaban J connectivity index is 3.68. The molecule has 1 N–H and O–H groups in total. The van der Waals surface area contributed by atoms with Gasteiger partial charge >= 0.3 is 0 Å². The van der Waals surface area contributed by atoms with Crippen LogP contribution in [-0.4, -0.2) is 11.7 Å². The fraction of sp³-hybridized carbons (Fsp3) is 1.00. The fourth-order valence-corrected chi connectivity index (χ4v) is 2.07. The van der Waals surface area contributed by atoms with Crippen molar-refractivity contribution in [3.8, 4) is 0 Å². The van der Waals surface area contributed by atoms with Gasteiger partial charge < -0.3 is 5.11 Å². The molecule has 0 bridgehead atoms. The minimum Gasteiger partial charge on any atom is -0.396 e. The Morgan fingerprint density at radius 1 is 0.846 bits per heavy atom. The summed E-state index contributed by atoms with van der Waals surface area (Å²) in [7, 11) is 0. The highest BCUT2D eigenvalue weighted by Crippen LogP contribution is 2.35. The van der Waals surface area contributed by atoms with E-state index in [-0.39, 0.29) is 0 Å². The number of aliphatic hydroxyl groups excluding tert-OH is 1. The molecule has 0 fully saturated rings. The number of unbranched alkanes of at least 4 members (excludes halogenated alkanes) is 2. The van der Waals surface area contributed by atoms with E-state index >= 15 is 0 Å². The average molecular weight is 186 g/mol. The molecule has 0 radical (unpaired) electrons. The van der Waals surface area contributed by atoms with Crippen LogP contribution in [0, 0.1) is 5.41 Å². The van der Waals surface area contributed by atoms with Crippen molar-refractivity contribution < 1.29 is 5.11 Å². The highest BCUT2D eigenvalue weighted by atomic mass is 16.2. The summed E-state index contributed by atoms with van der Waals surface area (Å²) in [6.07, 6.45) is 8.72. The molecule has 0 rings (SSSR count). The van der Waals surface area contributed by atoms with E-state index in [9.17, 15) is 0 Å². The molecule has 0 aromatic rings. The van der Waals surface area contributed by atoms with Crippen molar-refractivity contribution >= 4 is 0 Å². The predicted octanol–water partition coefficient (Wildman–Crippen LogP) is 3.76. The van der Waals surface area contributed by atoms with Gasteiger partial charge in [0.2, 0.25) is 0 Å². The zero-order valence-corrected chi connectivity index (χ0v) is 9.60. The molecule has 0 unspecified atom stereocenters. The molecule has 13 heavy (non-hydrogen) atoms. The minimum atomic E-state index is 0.359.